The Morgan fingerprint density at radius 3 is 2.82 bits per heavy atom. The number of tetrazole rings is 1. The van der Waals surface area contributed by atoms with Gasteiger partial charge in [-0.15, -0.1) is 15.0 Å². The SMILES string of the molecule is O=C(O)[C@@H]1C[C@H](c2nnn(-c3ccc(Oc4ncc(Cl)cc4F)cc3)n2)CN1. The highest BCUT2D eigenvalue weighted by molar-refractivity contribution is 6.30. The van der Waals surface area contributed by atoms with Crippen molar-refractivity contribution in [3.8, 4) is 17.3 Å². The standard InChI is InChI=1S/C17H14ClFN6O3/c18-10-6-13(19)16(21-8-10)28-12-3-1-11(2-4-12)25-23-15(22-24-25)9-5-14(17(26)27)20-7-9/h1-4,6,8-9,14,20H,5,7H2,(H,26,27)/t9-,14-/m0/s1. The number of halogens is 2. The van der Waals surface area contributed by atoms with E-state index in [9.17, 15) is 9.18 Å². The third kappa shape index (κ3) is 3.78. The summed E-state index contributed by atoms with van der Waals surface area (Å²) < 4.78 is 19.2. The summed E-state index contributed by atoms with van der Waals surface area (Å²) in [5.41, 5.74) is 0.622. The third-order valence-corrected chi connectivity index (χ3v) is 4.49. The largest absolute Gasteiger partial charge is 0.480 e. The molecule has 0 amide bonds. The number of hydrogen-bond donors (Lipinski definition) is 2. The summed E-state index contributed by atoms with van der Waals surface area (Å²) >= 11 is 5.67. The van der Waals surface area contributed by atoms with E-state index in [0.29, 0.717) is 30.2 Å². The second kappa shape index (κ2) is 7.49. The molecule has 1 aliphatic rings. The quantitative estimate of drug-likeness (QED) is 0.664. The number of nitrogens with one attached hydrogen (secondary N) is 1. The van der Waals surface area contributed by atoms with Crippen LogP contribution in [0.25, 0.3) is 5.69 Å². The van der Waals surface area contributed by atoms with E-state index in [1.165, 1.54) is 11.0 Å². The minimum Gasteiger partial charge on any atom is -0.480 e. The van der Waals surface area contributed by atoms with Crippen molar-refractivity contribution in [1.82, 2.24) is 30.5 Å². The minimum absolute atomic E-state index is 0.114. The fourth-order valence-electron chi connectivity index (χ4n) is 2.85. The fraction of sp³-hybridized carbons (Fsp3) is 0.235. The molecule has 1 aromatic carbocycles. The van der Waals surface area contributed by atoms with Crippen LogP contribution in [-0.2, 0) is 4.79 Å². The van der Waals surface area contributed by atoms with Crippen molar-refractivity contribution in [2.45, 2.75) is 18.4 Å². The summed E-state index contributed by atoms with van der Waals surface area (Å²) in [5.74, 6) is -0.997. The Morgan fingerprint density at radius 2 is 2.14 bits per heavy atom. The van der Waals surface area contributed by atoms with E-state index in [0.717, 1.165) is 6.07 Å². The number of carboxylic acid groups (broad SMARTS) is 1. The van der Waals surface area contributed by atoms with Gasteiger partial charge in [0.25, 0.3) is 5.88 Å². The maximum atomic E-state index is 13.8. The number of benzene rings is 1. The first-order valence-corrected chi connectivity index (χ1v) is 8.73. The maximum Gasteiger partial charge on any atom is 0.320 e. The molecule has 3 aromatic rings. The highest BCUT2D eigenvalue weighted by atomic mass is 35.5. The van der Waals surface area contributed by atoms with Crippen LogP contribution in [0.1, 0.15) is 18.2 Å². The van der Waals surface area contributed by atoms with Crippen LogP contribution >= 0.6 is 11.6 Å². The van der Waals surface area contributed by atoms with Gasteiger partial charge in [0, 0.05) is 18.7 Å². The average Bonchev–Trinajstić information content (AvgIpc) is 3.34. The molecule has 0 radical (unpaired) electrons. The second-order valence-corrected chi connectivity index (χ2v) is 6.64. The lowest BCUT2D eigenvalue weighted by Gasteiger charge is -2.06. The summed E-state index contributed by atoms with van der Waals surface area (Å²) in [5, 5.41) is 24.5. The van der Waals surface area contributed by atoms with Crippen LogP contribution in [0.5, 0.6) is 11.6 Å². The molecule has 1 saturated heterocycles. The Morgan fingerprint density at radius 1 is 1.36 bits per heavy atom. The lowest BCUT2D eigenvalue weighted by molar-refractivity contribution is -0.139. The van der Waals surface area contributed by atoms with Crippen molar-refractivity contribution in [1.29, 1.82) is 0 Å². The average molecular weight is 405 g/mol. The lowest BCUT2D eigenvalue weighted by Crippen LogP contribution is -2.29. The molecule has 11 heteroatoms. The van der Waals surface area contributed by atoms with E-state index in [1.54, 1.807) is 24.3 Å². The molecule has 0 spiro atoms. The molecule has 28 heavy (non-hydrogen) atoms. The van der Waals surface area contributed by atoms with Crippen LogP contribution < -0.4 is 10.1 Å². The summed E-state index contributed by atoms with van der Waals surface area (Å²) in [6.45, 7) is 0.481. The predicted molar refractivity (Wildman–Crippen MR) is 95.2 cm³/mol. The maximum absolute atomic E-state index is 13.8. The van der Waals surface area contributed by atoms with E-state index < -0.39 is 17.8 Å². The summed E-state index contributed by atoms with van der Waals surface area (Å²) in [6.07, 6.45) is 1.70. The molecule has 2 N–H and O–H groups in total. The second-order valence-electron chi connectivity index (χ2n) is 6.21. The van der Waals surface area contributed by atoms with Gasteiger partial charge in [-0.1, -0.05) is 11.6 Å². The molecule has 0 aliphatic carbocycles. The van der Waals surface area contributed by atoms with Crippen molar-refractivity contribution in [2.75, 3.05) is 6.54 Å². The first-order chi connectivity index (χ1) is 13.5. The number of ether oxygens (including phenoxy) is 1. The molecule has 2 atom stereocenters. The van der Waals surface area contributed by atoms with Gasteiger partial charge in [0.05, 0.1) is 10.7 Å². The number of carboxylic acids is 1. The van der Waals surface area contributed by atoms with Gasteiger partial charge in [0.15, 0.2) is 11.6 Å². The molecule has 0 saturated carbocycles. The Hall–Kier alpha value is -3.11. The van der Waals surface area contributed by atoms with Gasteiger partial charge in [0.1, 0.15) is 11.8 Å². The molecule has 4 rings (SSSR count). The van der Waals surface area contributed by atoms with Gasteiger partial charge < -0.3 is 15.2 Å². The summed E-state index contributed by atoms with van der Waals surface area (Å²) in [6, 6.07) is 7.11. The monoisotopic (exact) mass is 404 g/mol. The first-order valence-electron chi connectivity index (χ1n) is 8.35. The molecule has 1 aliphatic heterocycles. The number of nitrogens with zero attached hydrogens (tertiary/aromatic N) is 5. The van der Waals surface area contributed by atoms with Crippen molar-refractivity contribution in [3.05, 3.63) is 53.2 Å². The molecule has 9 nitrogen and oxygen atoms in total. The topological polar surface area (TPSA) is 115 Å². The van der Waals surface area contributed by atoms with E-state index >= 15 is 0 Å². The van der Waals surface area contributed by atoms with Crippen molar-refractivity contribution < 1.29 is 19.0 Å². The van der Waals surface area contributed by atoms with Crippen molar-refractivity contribution in [2.24, 2.45) is 0 Å². The van der Waals surface area contributed by atoms with Gasteiger partial charge in [-0.3, -0.25) is 4.79 Å². The van der Waals surface area contributed by atoms with Crippen LogP contribution in [-0.4, -0.2) is 48.9 Å². The Bertz CT molecular complexity index is 1010. The molecule has 2 aromatic heterocycles. The molecular formula is C17H14ClFN6O3. The molecule has 0 unspecified atom stereocenters. The van der Waals surface area contributed by atoms with Gasteiger partial charge >= 0.3 is 5.97 Å². The third-order valence-electron chi connectivity index (χ3n) is 4.28. The normalized spacial score (nSPS) is 18.9. The van der Waals surface area contributed by atoms with Crippen LogP contribution in [0.15, 0.2) is 36.5 Å². The van der Waals surface area contributed by atoms with Crippen LogP contribution in [0.3, 0.4) is 0 Å². The summed E-state index contributed by atoms with van der Waals surface area (Å²) in [7, 11) is 0. The Kier molecular flexibility index (Phi) is 4.88. The highest BCUT2D eigenvalue weighted by Gasteiger charge is 2.32. The molecule has 1 fully saturated rings. The van der Waals surface area contributed by atoms with Gasteiger partial charge in [0.2, 0.25) is 0 Å². The number of rotatable bonds is 5. The highest BCUT2D eigenvalue weighted by Crippen LogP contribution is 2.25. The minimum atomic E-state index is -0.892. The number of aliphatic carboxylic acids is 1. The van der Waals surface area contributed by atoms with Gasteiger partial charge in [-0.05, 0) is 42.0 Å². The Labute approximate surface area is 163 Å². The first kappa shape index (κ1) is 18.3. The molecular weight excluding hydrogens is 391 g/mol. The zero-order valence-electron chi connectivity index (χ0n) is 14.3. The van der Waals surface area contributed by atoms with Crippen LogP contribution in [0.4, 0.5) is 4.39 Å². The number of hydrogen-bond acceptors (Lipinski definition) is 7. The van der Waals surface area contributed by atoms with E-state index in [2.05, 4.69) is 25.7 Å². The van der Waals surface area contributed by atoms with Crippen LogP contribution in [0, 0.1) is 5.82 Å². The lowest BCUT2D eigenvalue weighted by atomic mass is 10.1. The van der Waals surface area contributed by atoms with Gasteiger partial charge in [-0.25, -0.2) is 9.37 Å². The fourth-order valence-corrected chi connectivity index (χ4v) is 3.00. The smallest absolute Gasteiger partial charge is 0.320 e. The molecule has 3 heterocycles. The number of carbonyl (C=O) groups is 1. The molecule has 0 bridgehead atoms. The van der Waals surface area contributed by atoms with Crippen LogP contribution in [0.2, 0.25) is 5.02 Å². The number of aromatic nitrogens is 5. The van der Waals surface area contributed by atoms with E-state index in [1.807, 2.05) is 0 Å². The zero-order chi connectivity index (χ0) is 19.7. The number of pyridine rings is 1. The Balaban J connectivity index is 1.46. The summed E-state index contributed by atoms with van der Waals surface area (Å²) in [4.78, 5) is 16.2. The van der Waals surface area contributed by atoms with E-state index in [4.69, 9.17) is 21.4 Å². The predicted octanol–water partition coefficient (Wildman–Crippen LogP) is 2.17. The van der Waals surface area contributed by atoms with E-state index in [-0.39, 0.29) is 16.8 Å². The zero-order valence-corrected chi connectivity index (χ0v) is 15.0. The van der Waals surface area contributed by atoms with Gasteiger partial charge in [-0.2, -0.15) is 0 Å². The van der Waals surface area contributed by atoms with Crippen molar-refractivity contribution >= 4 is 17.6 Å². The van der Waals surface area contributed by atoms with Crippen molar-refractivity contribution in [3.63, 3.8) is 0 Å². The molecule has 144 valence electrons.